The smallest absolute Gasteiger partial charge is 0.239 e. The fourth-order valence-corrected chi connectivity index (χ4v) is 1.41. The van der Waals surface area contributed by atoms with E-state index in [-0.39, 0.29) is 0 Å². The maximum absolute atomic E-state index is 5.26. The van der Waals surface area contributed by atoms with Crippen LogP contribution in [0.1, 0.15) is 5.56 Å². The number of nitrogen functional groups attached to an aromatic ring is 1. The number of nitrogens with zero attached hydrogens (tertiary/aromatic N) is 4. The standard InChI is InChI=1S/C10H15N7/c1-8-7-13-10(16-11)15-9(8)12-4-6-17-5-2-3-14-17/h2-3,5,7H,4,6,11H2,1H3,(H2,12,13,15,16). The number of hydrogen-bond acceptors (Lipinski definition) is 6. The Labute approximate surface area is 99.0 Å². The SMILES string of the molecule is Cc1cnc(NN)nc1NCCn1cccn1. The summed E-state index contributed by atoms with van der Waals surface area (Å²) in [5.74, 6) is 6.44. The average molecular weight is 233 g/mol. The molecule has 90 valence electrons. The van der Waals surface area contributed by atoms with Crippen molar-refractivity contribution < 1.29 is 0 Å². The van der Waals surface area contributed by atoms with Crippen molar-refractivity contribution in [1.29, 1.82) is 0 Å². The molecule has 7 heteroatoms. The van der Waals surface area contributed by atoms with Gasteiger partial charge in [0.2, 0.25) is 5.95 Å². The van der Waals surface area contributed by atoms with Crippen molar-refractivity contribution in [3.63, 3.8) is 0 Å². The van der Waals surface area contributed by atoms with Gasteiger partial charge in [0.1, 0.15) is 5.82 Å². The first-order valence-electron chi connectivity index (χ1n) is 5.31. The van der Waals surface area contributed by atoms with Crippen LogP contribution in [0, 0.1) is 6.92 Å². The molecule has 2 rings (SSSR count). The van der Waals surface area contributed by atoms with E-state index in [1.165, 1.54) is 0 Å². The van der Waals surface area contributed by atoms with Crippen LogP contribution in [0.3, 0.4) is 0 Å². The summed E-state index contributed by atoms with van der Waals surface area (Å²) in [6.07, 6.45) is 5.40. The molecule has 0 fully saturated rings. The summed E-state index contributed by atoms with van der Waals surface area (Å²) in [7, 11) is 0. The molecular formula is C10H15N7. The molecule has 0 amide bonds. The van der Waals surface area contributed by atoms with Gasteiger partial charge in [-0.05, 0) is 13.0 Å². The summed E-state index contributed by atoms with van der Waals surface area (Å²) in [5, 5.41) is 7.33. The van der Waals surface area contributed by atoms with Crippen LogP contribution in [0.15, 0.2) is 24.7 Å². The minimum absolute atomic E-state index is 0.400. The summed E-state index contributed by atoms with van der Waals surface area (Å²) in [6.45, 7) is 3.46. The van der Waals surface area contributed by atoms with E-state index in [9.17, 15) is 0 Å². The van der Waals surface area contributed by atoms with Crippen LogP contribution >= 0.6 is 0 Å². The van der Waals surface area contributed by atoms with Gasteiger partial charge in [0, 0.05) is 30.7 Å². The van der Waals surface area contributed by atoms with Gasteiger partial charge in [-0.3, -0.25) is 10.1 Å². The topological polar surface area (TPSA) is 93.7 Å². The lowest BCUT2D eigenvalue weighted by Gasteiger charge is -2.09. The predicted octanol–water partition coefficient (Wildman–Crippen LogP) is 0.379. The van der Waals surface area contributed by atoms with Crippen molar-refractivity contribution in [1.82, 2.24) is 19.7 Å². The number of rotatable bonds is 5. The number of hydrogen-bond donors (Lipinski definition) is 3. The highest BCUT2D eigenvalue weighted by Crippen LogP contribution is 2.11. The lowest BCUT2D eigenvalue weighted by Crippen LogP contribution is -2.15. The molecule has 0 aliphatic heterocycles. The summed E-state index contributed by atoms with van der Waals surface area (Å²) in [6, 6.07) is 1.90. The molecule has 0 bridgehead atoms. The number of aryl methyl sites for hydroxylation is 1. The number of anilines is 2. The Bertz CT molecular complexity index is 466. The van der Waals surface area contributed by atoms with Crippen LogP contribution in [0.2, 0.25) is 0 Å². The summed E-state index contributed by atoms with van der Waals surface area (Å²) < 4.78 is 1.85. The minimum atomic E-state index is 0.400. The van der Waals surface area contributed by atoms with E-state index in [4.69, 9.17) is 5.84 Å². The van der Waals surface area contributed by atoms with E-state index in [1.807, 2.05) is 23.9 Å². The van der Waals surface area contributed by atoms with Gasteiger partial charge in [0.05, 0.1) is 6.54 Å². The highest BCUT2D eigenvalue weighted by molar-refractivity contribution is 5.45. The average Bonchev–Trinajstić information content (AvgIpc) is 2.84. The van der Waals surface area contributed by atoms with E-state index in [0.717, 1.165) is 24.5 Å². The highest BCUT2D eigenvalue weighted by Gasteiger charge is 2.02. The van der Waals surface area contributed by atoms with Gasteiger partial charge < -0.3 is 5.32 Å². The molecule has 0 aliphatic carbocycles. The summed E-state index contributed by atoms with van der Waals surface area (Å²) >= 11 is 0. The summed E-state index contributed by atoms with van der Waals surface area (Å²) in [5.41, 5.74) is 3.40. The van der Waals surface area contributed by atoms with E-state index in [0.29, 0.717) is 5.95 Å². The molecule has 2 heterocycles. The zero-order chi connectivity index (χ0) is 12.1. The van der Waals surface area contributed by atoms with E-state index < -0.39 is 0 Å². The Morgan fingerprint density at radius 1 is 1.47 bits per heavy atom. The maximum Gasteiger partial charge on any atom is 0.239 e. The molecule has 4 N–H and O–H groups in total. The van der Waals surface area contributed by atoms with Gasteiger partial charge in [-0.1, -0.05) is 0 Å². The van der Waals surface area contributed by atoms with Crippen LogP contribution in [-0.2, 0) is 6.54 Å². The predicted molar refractivity (Wildman–Crippen MR) is 65.3 cm³/mol. The quantitative estimate of drug-likeness (QED) is 0.510. The van der Waals surface area contributed by atoms with Gasteiger partial charge in [-0.25, -0.2) is 10.8 Å². The molecule has 7 nitrogen and oxygen atoms in total. The fraction of sp³-hybridized carbons (Fsp3) is 0.300. The first-order valence-corrected chi connectivity index (χ1v) is 5.31. The van der Waals surface area contributed by atoms with E-state index in [2.05, 4.69) is 25.8 Å². The Kier molecular flexibility index (Phi) is 3.51. The Morgan fingerprint density at radius 3 is 3.06 bits per heavy atom. The van der Waals surface area contributed by atoms with Crippen molar-refractivity contribution in [2.75, 3.05) is 17.3 Å². The van der Waals surface area contributed by atoms with E-state index >= 15 is 0 Å². The second-order valence-corrected chi connectivity index (χ2v) is 3.57. The monoisotopic (exact) mass is 233 g/mol. The molecule has 0 atom stereocenters. The molecule has 2 aromatic heterocycles. The maximum atomic E-state index is 5.26. The third-order valence-electron chi connectivity index (χ3n) is 2.29. The second-order valence-electron chi connectivity index (χ2n) is 3.57. The lowest BCUT2D eigenvalue weighted by molar-refractivity contribution is 0.637. The fourth-order valence-electron chi connectivity index (χ4n) is 1.41. The van der Waals surface area contributed by atoms with Gasteiger partial charge in [-0.2, -0.15) is 10.1 Å². The van der Waals surface area contributed by atoms with Crippen molar-refractivity contribution in [3.8, 4) is 0 Å². The molecule has 2 aromatic rings. The Balaban J connectivity index is 1.94. The minimum Gasteiger partial charge on any atom is -0.368 e. The second kappa shape index (κ2) is 5.26. The molecule has 0 aromatic carbocycles. The van der Waals surface area contributed by atoms with Crippen molar-refractivity contribution in [2.45, 2.75) is 13.5 Å². The van der Waals surface area contributed by atoms with Gasteiger partial charge in [-0.15, -0.1) is 0 Å². The molecule has 0 saturated heterocycles. The van der Waals surface area contributed by atoms with Gasteiger partial charge in [0.25, 0.3) is 0 Å². The number of aromatic nitrogens is 4. The zero-order valence-corrected chi connectivity index (χ0v) is 9.59. The van der Waals surface area contributed by atoms with Crippen LogP contribution in [0.5, 0.6) is 0 Å². The largest absolute Gasteiger partial charge is 0.368 e. The lowest BCUT2D eigenvalue weighted by atomic mass is 10.3. The number of nitrogens with two attached hydrogens (primary N) is 1. The zero-order valence-electron chi connectivity index (χ0n) is 9.59. The van der Waals surface area contributed by atoms with Gasteiger partial charge in [0.15, 0.2) is 0 Å². The third-order valence-corrected chi connectivity index (χ3v) is 2.29. The van der Waals surface area contributed by atoms with E-state index in [1.54, 1.807) is 12.4 Å². The first-order chi connectivity index (χ1) is 8.29. The Hall–Kier alpha value is -2.15. The van der Waals surface area contributed by atoms with Crippen molar-refractivity contribution >= 4 is 11.8 Å². The molecular weight excluding hydrogens is 218 g/mol. The van der Waals surface area contributed by atoms with Crippen molar-refractivity contribution in [3.05, 3.63) is 30.2 Å². The van der Waals surface area contributed by atoms with Gasteiger partial charge >= 0.3 is 0 Å². The normalized spacial score (nSPS) is 10.2. The first kappa shape index (κ1) is 11.3. The molecule has 0 radical (unpaired) electrons. The van der Waals surface area contributed by atoms with Crippen molar-refractivity contribution in [2.24, 2.45) is 5.84 Å². The molecule has 17 heavy (non-hydrogen) atoms. The molecule has 0 unspecified atom stereocenters. The van der Waals surface area contributed by atoms with Crippen LogP contribution in [0.25, 0.3) is 0 Å². The Morgan fingerprint density at radius 2 is 2.35 bits per heavy atom. The molecule has 0 spiro atoms. The molecule has 0 aliphatic rings. The number of nitrogens with one attached hydrogen (secondary N) is 2. The highest BCUT2D eigenvalue weighted by atomic mass is 15.3. The van der Waals surface area contributed by atoms with Crippen LogP contribution in [0.4, 0.5) is 11.8 Å². The van der Waals surface area contributed by atoms with Crippen LogP contribution in [-0.4, -0.2) is 26.3 Å². The summed E-state index contributed by atoms with van der Waals surface area (Å²) in [4.78, 5) is 8.23. The van der Waals surface area contributed by atoms with Crippen LogP contribution < -0.4 is 16.6 Å². The third kappa shape index (κ3) is 2.91. The molecule has 0 saturated carbocycles. The number of hydrazine groups is 1.